The molecule has 0 amide bonds. The molecule has 8 heavy (non-hydrogen) atoms. The topological polar surface area (TPSA) is 37.3 Å². The van der Waals surface area contributed by atoms with Crippen molar-refractivity contribution in [2.75, 3.05) is 0 Å². The summed E-state index contributed by atoms with van der Waals surface area (Å²) in [5.41, 5.74) is 1.44. The summed E-state index contributed by atoms with van der Waals surface area (Å²) in [6.07, 6.45) is 3.97. The van der Waals surface area contributed by atoms with Crippen LogP contribution in [0.15, 0.2) is 12.2 Å². The lowest BCUT2D eigenvalue weighted by atomic mass is 9.95. The van der Waals surface area contributed by atoms with Gasteiger partial charge in [-0.1, -0.05) is 12.2 Å². The third kappa shape index (κ3) is 3.40. The first-order valence-electron chi connectivity index (χ1n) is 2.55. The van der Waals surface area contributed by atoms with E-state index in [1.54, 1.807) is 0 Å². The summed E-state index contributed by atoms with van der Waals surface area (Å²) in [6, 6.07) is 0. The SMILES string of the molecule is C=C1CCC1.O=CO. The predicted molar refractivity (Wildman–Crippen MR) is 31.7 cm³/mol. The molecular formula is C6H10O2. The molecule has 1 saturated carbocycles. The molecule has 0 saturated heterocycles. The van der Waals surface area contributed by atoms with Crippen molar-refractivity contribution >= 4 is 6.47 Å². The molecule has 0 aromatic heterocycles. The Hall–Kier alpha value is -0.790. The van der Waals surface area contributed by atoms with Crippen LogP contribution in [0, 0.1) is 0 Å². The Kier molecular flexibility index (Phi) is 3.94. The standard InChI is InChI=1S/C5H8.CH2O2/c1-5-3-2-4-5;2-1-3/h1-4H2;1H,(H,2,3). The maximum atomic E-state index is 8.36. The van der Waals surface area contributed by atoms with Crippen molar-refractivity contribution in [2.45, 2.75) is 19.3 Å². The molecule has 0 atom stereocenters. The summed E-state index contributed by atoms with van der Waals surface area (Å²) in [5.74, 6) is 0. The van der Waals surface area contributed by atoms with Gasteiger partial charge in [0.05, 0.1) is 0 Å². The zero-order chi connectivity index (χ0) is 6.41. The van der Waals surface area contributed by atoms with Gasteiger partial charge in [0.25, 0.3) is 6.47 Å². The minimum Gasteiger partial charge on any atom is -0.483 e. The number of hydrogen-bond donors (Lipinski definition) is 1. The van der Waals surface area contributed by atoms with E-state index < -0.39 is 0 Å². The van der Waals surface area contributed by atoms with E-state index in [0.717, 1.165) is 0 Å². The van der Waals surface area contributed by atoms with E-state index in [1.807, 2.05) is 0 Å². The predicted octanol–water partition coefficient (Wildman–Crippen LogP) is 1.43. The number of hydrogen-bond acceptors (Lipinski definition) is 1. The van der Waals surface area contributed by atoms with E-state index in [9.17, 15) is 0 Å². The number of allylic oxidation sites excluding steroid dienone is 1. The van der Waals surface area contributed by atoms with Crippen LogP contribution in [0.25, 0.3) is 0 Å². The van der Waals surface area contributed by atoms with Crippen LogP contribution in [0.2, 0.25) is 0 Å². The van der Waals surface area contributed by atoms with E-state index >= 15 is 0 Å². The molecule has 0 unspecified atom stereocenters. The molecule has 1 rings (SSSR count). The molecule has 0 aromatic carbocycles. The molecule has 0 aliphatic heterocycles. The number of carbonyl (C=O) groups is 1. The molecule has 0 radical (unpaired) electrons. The zero-order valence-corrected chi connectivity index (χ0v) is 4.76. The van der Waals surface area contributed by atoms with Crippen LogP contribution >= 0.6 is 0 Å². The van der Waals surface area contributed by atoms with Gasteiger partial charge in [0.2, 0.25) is 0 Å². The van der Waals surface area contributed by atoms with Crippen LogP contribution < -0.4 is 0 Å². The largest absolute Gasteiger partial charge is 0.483 e. The molecule has 46 valence electrons. The Morgan fingerprint density at radius 3 is 1.88 bits per heavy atom. The van der Waals surface area contributed by atoms with E-state index in [0.29, 0.717) is 0 Å². The molecule has 1 aliphatic carbocycles. The van der Waals surface area contributed by atoms with Crippen molar-refractivity contribution in [1.82, 2.24) is 0 Å². The second-order valence-corrected chi connectivity index (χ2v) is 1.71. The zero-order valence-electron chi connectivity index (χ0n) is 4.76. The van der Waals surface area contributed by atoms with Crippen LogP contribution in [0.4, 0.5) is 0 Å². The third-order valence-electron chi connectivity index (χ3n) is 1.06. The van der Waals surface area contributed by atoms with Crippen molar-refractivity contribution in [3.8, 4) is 0 Å². The monoisotopic (exact) mass is 114 g/mol. The Morgan fingerprint density at radius 1 is 1.62 bits per heavy atom. The van der Waals surface area contributed by atoms with Crippen LogP contribution in [-0.4, -0.2) is 11.6 Å². The molecule has 0 spiro atoms. The minimum absolute atomic E-state index is 0.250. The van der Waals surface area contributed by atoms with Gasteiger partial charge >= 0.3 is 0 Å². The van der Waals surface area contributed by atoms with Crippen LogP contribution in [-0.2, 0) is 4.79 Å². The molecule has 2 nitrogen and oxygen atoms in total. The van der Waals surface area contributed by atoms with Crippen LogP contribution in [0.3, 0.4) is 0 Å². The quantitative estimate of drug-likeness (QED) is 0.382. The Bertz CT molecular complexity index is 80.5. The molecular weight excluding hydrogens is 104 g/mol. The van der Waals surface area contributed by atoms with Crippen LogP contribution in [0.1, 0.15) is 19.3 Å². The summed E-state index contributed by atoms with van der Waals surface area (Å²) in [4.78, 5) is 8.36. The molecule has 1 N–H and O–H groups in total. The number of rotatable bonds is 0. The van der Waals surface area contributed by atoms with Gasteiger partial charge in [-0.3, -0.25) is 4.79 Å². The Labute approximate surface area is 48.8 Å². The Balaban J connectivity index is 0.000000145. The first-order valence-corrected chi connectivity index (χ1v) is 2.55. The van der Waals surface area contributed by atoms with Gasteiger partial charge in [0, 0.05) is 0 Å². The molecule has 1 fully saturated rings. The maximum absolute atomic E-state index is 8.36. The van der Waals surface area contributed by atoms with E-state index in [4.69, 9.17) is 9.90 Å². The number of carboxylic acid groups (broad SMARTS) is 1. The molecule has 2 heteroatoms. The smallest absolute Gasteiger partial charge is 0.290 e. The van der Waals surface area contributed by atoms with Crippen LogP contribution in [0.5, 0.6) is 0 Å². The summed E-state index contributed by atoms with van der Waals surface area (Å²) >= 11 is 0. The highest BCUT2D eigenvalue weighted by atomic mass is 16.3. The van der Waals surface area contributed by atoms with Crippen molar-refractivity contribution < 1.29 is 9.90 Å². The summed E-state index contributed by atoms with van der Waals surface area (Å²) in [5, 5.41) is 6.89. The lowest BCUT2D eigenvalue weighted by molar-refractivity contribution is -0.122. The second-order valence-electron chi connectivity index (χ2n) is 1.71. The van der Waals surface area contributed by atoms with E-state index in [1.165, 1.54) is 24.8 Å². The lowest BCUT2D eigenvalue weighted by Gasteiger charge is -2.11. The van der Waals surface area contributed by atoms with Gasteiger partial charge in [-0.15, -0.1) is 0 Å². The van der Waals surface area contributed by atoms with Crippen molar-refractivity contribution in [2.24, 2.45) is 0 Å². The molecule has 0 aromatic rings. The summed E-state index contributed by atoms with van der Waals surface area (Å²) < 4.78 is 0. The van der Waals surface area contributed by atoms with Crippen molar-refractivity contribution in [1.29, 1.82) is 0 Å². The molecule has 1 aliphatic rings. The third-order valence-corrected chi connectivity index (χ3v) is 1.06. The van der Waals surface area contributed by atoms with Gasteiger partial charge in [-0.25, -0.2) is 0 Å². The molecule has 0 heterocycles. The summed E-state index contributed by atoms with van der Waals surface area (Å²) in [7, 11) is 0. The normalized spacial score (nSPS) is 15.2. The highest BCUT2D eigenvalue weighted by molar-refractivity contribution is 5.32. The lowest BCUT2D eigenvalue weighted by Crippen LogP contribution is -1.92. The Morgan fingerprint density at radius 2 is 1.88 bits per heavy atom. The maximum Gasteiger partial charge on any atom is 0.290 e. The fraction of sp³-hybridized carbons (Fsp3) is 0.500. The van der Waals surface area contributed by atoms with Gasteiger partial charge in [0.15, 0.2) is 0 Å². The summed E-state index contributed by atoms with van der Waals surface area (Å²) in [6.45, 7) is 3.51. The first-order chi connectivity index (χ1) is 3.81. The van der Waals surface area contributed by atoms with E-state index in [2.05, 4.69) is 6.58 Å². The van der Waals surface area contributed by atoms with Gasteiger partial charge in [-0.05, 0) is 19.3 Å². The second kappa shape index (κ2) is 4.37. The van der Waals surface area contributed by atoms with Crippen molar-refractivity contribution in [3.05, 3.63) is 12.2 Å². The highest BCUT2D eigenvalue weighted by Crippen LogP contribution is 2.21. The average Bonchev–Trinajstić information content (AvgIpc) is 1.64. The highest BCUT2D eigenvalue weighted by Gasteiger charge is 2.02. The van der Waals surface area contributed by atoms with Gasteiger partial charge < -0.3 is 5.11 Å². The first kappa shape index (κ1) is 7.21. The van der Waals surface area contributed by atoms with E-state index in [-0.39, 0.29) is 6.47 Å². The van der Waals surface area contributed by atoms with Gasteiger partial charge in [-0.2, -0.15) is 0 Å². The van der Waals surface area contributed by atoms with Crippen molar-refractivity contribution in [3.63, 3.8) is 0 Å². The molecule has 0 bridgehead atoms. The minimum atomic E-state index is -0.250. The fourth-order valence-corrected chi connectivity index (χ4v) is 0.427. The average molecular weight is 114 g/mol. The fourth-order valence-electron chi connectivity index (χ4n) is 0.427. The van der Waals surface area contributed by atoms with Gasteiger partial charge in [0.1, 0.15) is 0 Å².